The van der Waals surface area contributed by atoms with Crippen LogP contribution >= 0.6 is 0 Å². The summed E-state index contributed by atoms with van der Waals surface area (Å²) in [7, 11) is 0. The zero-order chi connectivity index (χ0) is 10.4. The van der Waals surface area contributed by atoms with Gasteiger partial charge in [0.15, 0.2) is 6.61 Å². The smallest absolute Gasteiger partial charge is 0.255 e. The number of pyridine rings is 1. The van der Waals surface area contributed by atoms with Crippen molar-refractivity contribution in [3.8, 4) is 5.75 Å². The first-order chi connectivity index (χ1) is 6.72. The third-order valence-electron chi connectivity index (χ3n) is 1.44. The molecular formula is C9H11N2O3. The van der Waals surface area contributed by atoms with Crippen LogP contribution in [0.2, 0.25) is 0 Å². The standard InChI is InChI=1S/C9H11N2O3/c10-9(13)6-14-8-2-1-7(3-4-12)11-5-8/h1-3,5,12H,4,6H2,(H2,10,13). The first kappa shape index (κ1) is 10.5. The second-order valence-electron chi connectivity index (χ2n) is 2.56. The molecule has 1 aromatic heterocycles. The first-order valence-electron chi connectivity index (χ1n) is 4.03. The number of carbonyl (C=O) groups excluding carboxylic acids is 1. The van der Waals surface area contributed by atoms with Crippen molar-refractivity contribution in [1.29, 1.82) is 0 Å². The summed E-state index contributed by atoms with van der Waals surface area (Å²) in [4.78, 5) is 14.3. The van der Waals surface area contributed by atoms with Crippen LogP contribution in [0.5, 0.6) is 5.75 Å². The maximum Gasteiger partial charge on any atom is 0.255 e. The minimum absolute atomic E-state index is 0.0610. The fourth-order valence-electron chi connectivity index (χ4n) is 0.846. The summed E-state index contributed by atoms with van der Waals surface area (Å²) < 4.78 is 4.99. The predicted octanol–water partition coefficient (Wildman–Crippen LogP) is -0.510. The van der Waals surface area contributed by atoms with E-state index in [4.69, 9.17) is 15.6 Å². The van der Waals surface area contributed by atoms with E-state index in [0.717, 1.165) is 0 Å². The molecule has 0 saturated heterocycles. The van der Waals surface area contributed by atoms with Crippen LogP contribution in [0.3, 0.4) is 0 Å². The molecule has 0 bridgehead atoms. The van der Waals surface area contributed by atoms with E-state index in [1.165, 1.54) is 6.20 Å². The molecule has 0 aliphatic heterocycles. The van der Waals surface area contributed by atoms with Gasteiger partial charge in [-0.1, -0.05) is 0 Å². The van der Waals surface area contributed by atoms with Crippen molar-refractivity contribution in [3.63, 3.8) is 0 Å². The summed E-state index contributed by atoms with van der Waals surface area (Å²) >= 11 is 0. The SMILES string of the molecule is NC(=O)COc1ccc([CH]CO)nc1. The van der Waals surface area contributed by atoms with Crippen molar-refractivity contribution in [2.75, 3.05) is 13.2 Å². The van der Waals surface area contributed by atoms with E-state index in [9.17, 15) is 4.79 Å². The van der Waals surface area contributed by atoms with E-state index in [2.05, 4.69) is 4.98 Å². The number of amides is 1. The van der Waals surface area contributed by atoms with Gasteiger partial charge in [0.25, 0.3) is 5.91 Å². The Hall–Kier alpha value is -1.62. The van der Waals surface area contributed by atoms with Crippen molar-refractivity contribution in [1.82, 2.24) is 4.98 Å². The summed E-state index contributed by atoms with van der Waals surface area (Å²) in [6.45, 7) is -0.223. The average Bonchev–Trinajstić information content (AvgIpc) is 2.17. The van der Waals surface area contributed by atoms with Gasteiger partial charge in [-0.15, -0.1) is 0 Å². The molecule has 1 heterocycles. The molecule has 14 heavy (non-hydrogen) atoms. The molecule has 0 fully saturated rings. The van der Waals surface area contributed by atoms with Gasteiger partial charge in [0.2, 0.25) is 0 Å². The van der Waals surface area contributed by atoms with Crippen molar-refractivity contribution in [3.05, 3.63) is 30.4 Å². The fourth-order valence-corrected chi connectivity index (χ4v) is 0.846. The second-order valence-corrected chi connectivity index (χ2v) is 2.56. The summed E-state index contributed by atoms with van der Waals surface area (Å²) in [5.41, 5.74) is 5.55. The highest BCUT2D eigenvalue weighted by molar-refractivity contribution is 5.75. The summed E-state index contributed by atoms with van der Waals surface area (Å²) in [5, 5.41) is 8.58. The lowest BCUT2D eigenvalue weighted by molar-refractivity contribution is -0.119. The highest BCUT2D eigenvalue weighted by Gasteiger charge is 1.98. The lowest BCUT2D eigenvalue weighted by Gasteiger charge is -2.03. The van der Waals surface area contributed by atoms with Crippen molar-refractivity contribution in [2.24, 2.45) is 5.73 Å². The number of hydrogen-bond donors (Lipinski definition) is 2. The van der Waals surface area contributed by atoms with Crippen molar-refractivity contribution < 1.29 is 14.6 Å². The highest BCUT2D eigenvalue weighted by atomic mass is 16.5. The highest BCUT2D eigenvalue weighted by Crippen LogP contribution is 2.09. The van der Waals surface area contributed by atoms with Gasteiger partial charge in [0.05, 0.1) is 12.8 Å². The van der Waals surface area contributed by atoms with E-state index in [1.54, 1.807) is 18.6 Å². The number of nitrogens with zero attached hydrogens (tertiary/aromatic N) is 1. The number of aliphatic hydroxyl groups excluding tert-OH is 1. The van der Waals surface area contributed by atoms with Gasteiger partial charge in [-0.2, -0.15) is 0 Å². The quantitative estimate of drug-likeness (QED) is 0.662. The fraction of sp³-hybridized carbons (Fsp3) is 0.222. The molecule has 0 spiro atoms. The Morgan fingerprint density at radius 3 is 2.93 bits per heavy atom. The van der Waals surface area contributed by atoms with Gasteiger partial charge in [0.1, 0.15) is 5.75 Å². The maximum absolute atomic E-state index is 10.4. The molecule has 0 saturated carbocycles. The number of rotatable bonds is 5. The number of nitrogens with two attached hydrogens (primary N) is 1. The van der Waals surface area contributed by atoms with Gasteiger partial charge in [0, 0.05) is 12.1 Å². The second kappa shape index (κ2) is 5.18. The molecule has 0 atom stereocenters. The van der Waals surface area contributed by atoms with E-state index in [1.807, 2.05) is 0 Å². The molecule has 3 N–H and O–H groups in total. The van der Waals surface area contributed by atoms with Crippen LogP contribution in [0.25, 0.3) is 0 Å². The minimum Gasteiger partial charge on any atom is -0.482 e. The monoisotopic (exact) mass is 195 g/mol. The zero-order valence-corrected chi connectivity index (χ0v) is 7.51. The van der Waals surface area contributed by atoms with Gasteiger partial charge in [-0.25, -0.2) is 0 Å². The number of aromatic nitrogens is 1. The molecule has 75 valence electrons. The molecule has 1 rings (SSSR count). The molecule has 5 heteroatoms. The summed E-state index contributed by atoms with van der Waals surface area (Å²) in [6.07, 6.45) is 3.02. The lowest BCUT2D eigenvalue weighted by Crippen LogP contribution is -2.20. The van der Waals surface area contributed by atoms with Crippen LogP contribution in [0, 0.1) is 6.42 Å². The minimum atomic E-state index is -0.531. The van der Waals surface area contributed by atoms with Gasteiger partial charge in [-0.3, -0.25) is 9.78 Å². The zero-order valence-electron chi connectivity index (χ0n) is 7.51. The topological polar surface area (TPSA) is 85.4 Å². The Kier molecular flexibility index (Phi) is 3.87. The molecular weight excluding hydrogens is 184 g/mol. The van der Waals surface area contributed by atoms with Crippen LogP contribution in [-0.4, -0.2) is 29.2 Å². The third kappa shape index (κ3) is 3.40. The number of aliphatic hydroxyl groups is 1. The normalized spacial score (nSPS) is 9.79. The van der Waals surface area contributed by atoms with E-state index in [0.29, 0.717) is 11.4 Å². The van der Waals surface area contributed by atoms with Gasteiger partial charge >= 0.3 is 0 Å². The Morgan fingerprint density at radius 2 is 2.43 bits per heavy atom. The number of carbonyl (C=O) groups is 1. The van der Waals surface area contributed by atoms with Crippen LogP contribution in [0.15, 0.2) is 18.3 Å². The molecule has 1 radical (unpaired) electrons. The molecule has 1 aromatic rings. The number of primary amides is 1. The van der Waals surface area contributed by atoms with Crippen LogP contribution in [0.4, 0.5) is 0 Å². The number of hydrogen-bond acceptors (Lipinski definition) is 4. The maximum atomic E-state index is 10.4. The molecule has 0 aromatic carbocycles. The summed E-state index contributed by atoms with van der Waals surface area (Å²) in [5.74, 6) is -0.0603. The van der Waals surface area contributed by atoms with Gasteiger partial charge in [-0.05, 0) is 12.1 Å². The summed E-state index contributed by atoms with van der Waals surface area (Å²) in [6, 6.07) is 3.32. The molecule has 0 unspecified atom stereocenters. The predicted molar refractivity (Wildman–Crippen MR) is 49.4 cm³/mol. The number of ether oxygens (including phenoxy) is 1. The van der Waals surface area contributed by atoms with E-state index in [-0.39, 0.29) is 13.2 Å². The molecule has 1 amide bonds. The van der Waals surface area contributed by atoms with E-state index >= 15 is 0 Å². The molecule has 5 nitrogen and oxygen atoms in total. The van der Waals surface area contributed by atoms with Crippen molar-refractivity contribution >= 4 is 5.91 Å². The first-order valence-corrected chi connectivity index (χ1v) is 4.03. The average molecular weight is 195 g/mol. The van der Waals surface area contributed by atoms with Crippen LogP contribution in [0.1, 0.15) is 5.69 Å². The Balaban J connectivity index is 2.50. The van der Waals surface area contributed by atoms with Crippen LogP contribution < -0.4 is 10.5 Å². The van der Waals surface area contributed by atoms with E-state index < -0.39 is 5.91 Å². The largest absolute Gasteiger partial charge is 0.482 e. The van der Waals surface area contributed by atoms with Gasteiger partial charge < -0.3 is 15.6 Å². The Bertz CT molecular complexity index is 297. The molecule has 0 aliphatic rings. The van der Waals surface area contributed by atoms with Crippen molar-refractivity contribution in [2.45, 2.75) is 0 Å². The Morgan fingerprint density at radius 1 is 1.64 bits per heavy atom. The molecule has 0 aliphatic carbocycles. The Labute approximate surface area is 81.5 Å². The van der Waals surface area contributed by atoms with Crippen LogP contribution in [-0.2, 0) is 4.79 Å². The third-order valence-corrected chi connectivity index (χ3v) is 1.44. The lowest BCUT2D eigenvalue weighted by atomic mass is 10.3.